The highest BCUT2D eigenvalue weighted by molar-refractivity contribution is 5.78. The molecule has 0 unspecified atom stereocenters. The van der Waals surface area contributed by atoms with Crippen LogP contribution in [-0.4, -0.2) is 61.9 Å². The molecule has 1 heterocycles. The van der Waals surface area contributed by atoms with Crippen molar-refractivity contribution < 1.29 is 14.6 Å². The molecule has 0 bridgehead atoms. The molecule has 1 aliphatic rings. The van der Waals surface area contributed by atoms with Crippen LogP contribution in [0.3, 0.4) is 0 Å². The van der Waals surface area contributed by atoms with E-state index in [1.807, 2.05) is 13.8 Å². The Kier molecular flexibility index (Phi) is 5.18. The first-order valence-electron chi connectivity index (χ1n) is 5.71. The van der Waals surface area contributed by atoms with Gasteiger partial charge in [-0.05, 0) is 0 Å². The van der Waals surface area contributed by atoms with Crippen LogP contribution in [0.4, 0.5) is 0 Å². The zero-order valence-electron chi connectivity index (χ0n) is 10.2. The van der Waals surface area contributed by atoms with Gasteiger partial charge in [-0.2, -0.15) is 0 Å². The molecule has 1 aliphatic heterocycles. The standard InChI is InChI=1S/C11H22N2O3/c1-11(2,9-14)8-12-10(15)7-13-3-5-16-6-4-13/h14H,3-9H2,1-2H3,(H,12,15). The summed E-state index contributed by atoms with van der Waals surface area (Å²) in [6.45, 7) is 7.88. The van der Waals surface area contributed by atoms with Crippen LogP contribution in [0.25, 0.3) is 0 Å². The molecule has 0 aromatic rings. The van der Waals surface area contributed by atoms with Crippen LogP contribution >= 0.6 is 0 Å². The monoisotopic (exact) mass is 230 g/mol. The van der Waals surface area contributed by atoms with Crippen molar-refractivity contribution in [2.24, 2.45) is 5.41 Å². The second-order valence-corrected chi connectivity index (χ2v) is 4.99. The van der Waals surface area contributed by atoms with E-state index in [-0.39, 0.29) is 17.9 Å². The van der Waals surface area contributed by atoms with Gasteiger partial charge in [0.25, 0.3) is 0 Å². The van der Waals surface area contributed by atoms with Gasteiger partial charge >= 0.3 is 0 Å². The second kappa shape index (κ2) is 6.18. The van der Waals surface area contributed by atoms with Crippen molar-refractivity contribution >= 4 is 5.91 Å². The lowest BCUT2D eigenvalue weighted by Crippen LogP contribution is -2.45. The lowest BCUT2D eigenvalue weighted by molar-refractivity contribution is -0.123. The number of aliphatic hydroxyl groups excluding tert-OH is 1. The fourth-order valence-electron chi connectivity index (χ4n) is 1.41. The molecule has 0 spiro atoms. The number of carbonyl (C=O) groups excluding carboxylic acids is 1. The molecule has 94 valence electrons. The van der Waals surface area contributed by atoms with Crippen LogP contribution in [-0.2, 0) is 9.53 Å². The van der Waals surface area contributed by atoms with Gasteiger partial charge in [0.1, 0.15) is 0 Å². The molecule has 1 fully saturated rings. The molecular weight excluding hydrogens is 208 g/mol. The average molecular weight is 230 g/mol. The maximum absolute atomic E-state index is 11.6. The molecule has 0 aromatic carbocycles. The molecule has 5 heteroatoms. The molecule has 0 atom stereocenters. The van der Waals surface area contributed by atoms with E-state index in [4.69, 9.17) is 9.84 Å². The van der Waals surface area contributed by atoms with Gasteiger partial charge in [-0.1, -0.05) is 13.8 Å². The Balaban J connectivity index is 2.19. The van der Waals surface area contributed by atoms with Gasteiger partial charge in [-0.15, -0.1) is 0 Å². The minimum Gasteiger partial charge on any atom is -0.396 e. The highest BCUT2D eigenvalue weighted by Crippen LogP contribution is 2.10. The van der Waals surface area contributed by atoms with Gasteiger partial charge in [0.05, 0.1) is 19.8 Å². The van der Waals surface area contributed by atoms with Crippen LogP contribution in [0.1, 0.15) is 13.8 Å². The van der Waals surface area contributed by atoms with E-state index < -0.39 is 0 Å². The number of nitrogens with zero attached hydrogens (tertiary/aromatic N) is 1. The maximum Gasteiger partial charge on any atom is 0.234 e. The van der Waals surface area contributed by atoms with E-state index in [1.165, 1.54) is 0 Å². The Hall–Kier alpha value is -0.650. The molecule has 0 aromatic heterocycles. The van der Waals surface area contributed by atoms with Crippen molar-refractivity contribution in [3.05, 3.63) is 0 Å². The zero-order chi connectivity index (χ0) is 12.0. The topological polar surface area (TPSA) is 61.8 Å². The van der Waals surface area contributed by atoms with Gasteiger partial charge in [-0.25, -0.2) is 0 Å². The smallest absolute Gasteiger partial charge is 0.234 e. The third-order valence-corrected chi connectivity index (χ3v) is 2.66. The molecule has 16 heavy (non-hydrogen) atoms. The van der Waals surface area contributed by atoms with Gasteiger partial charge < -0.3 is 15.2 Å². The summed E-state index contributed by atoms with van der Waals surface area (Å²) in [5.74, 6) is 0.0171. The number of hydrogen-bond donors (Lipinski definition) is 2. The fraction of sp³-hybridized carbons (Fsp3) is 0.909. The first-order valence-corrected chi connectivity index (χ1v) is 5.71. The summed E-state index contributed by atoms with van der Waals surface area (Å²) < 4.78 is 5.21. The summed E-state index contributed by atoms with van der Waals surface area (Å²) in [6.07, 6.45) is 0. The summed E-state index contributed by atoms with van der Waals surface area (Å²) in [5.41, 5.74) is -0.249. The van der Waals surface area contributed by atoms with E-state index in [1.54, 1.807) is 0 Å². The lowest BCUT2D eigenvalue weighted by Gasteiger charge is -2.27. The average Bonchev–Trinajstić information content (AvgIpc) is 2.28. The fourth-order valence-corrected chi connectivity index (χ4v) is 1.41. The van der Waals surface area contributed by atoms with Gasteiger partial charge in [0, 0.05) is 31.7 Å². The summed E-state index contributed by atoms with van der Waals surface area (Å²) in [5, 5.41) is 11.9. The summed E-state index contributed by atoms with van der Waals surface area (Å²) in [7, 11) is 0. The Bertz CT molecular complexity index is 225. The molecule has 0 radical (unpaired) electrons. The van der Waals surface area contributed by atoms with E-state index in [0.717, 1.165) is 13.1 Å². The number of amides is 1. The van der Waals surface area contributed by atoms with E-state index in [9.17, 15) is 4.79 Å². The largest absolute Gasteiger partial charge is 0.396 e. The quantitative estimate of drug-likeness (QED) is 0.665. The van der Waals surface area contributed by atoms with Gasteiger partial charge in [0.2, 0.25) is 5.91 Å². The minimum atomic E-state index is -0.249. The Morgan fingerprint density at radius 3 is 2.62 bits per heavy atom. The molecule has 5 nitrogen and oxygen atoms in total. The summed E-state index contributed by atoms with van der Waals surface area (Å²) in [4.78, 5) is 13.7. The Morgan fingerprint density at radius 1 is 1.44 bits per heavy atom. The predicted octanol–water partition coefficient (Wildman–Crippen LogP) is -0.547. The predicted molar refractivity (Wildman–Crippen MR) is 61.1 cm³/mol. The third-order valence-electron chi connectivity index (χ3n) is 2.66. The molecule has 0 saturated carbocycles. The number of aliphatic hydroxyl groups is 1. The van der Waals surface area contributed by atoms with Crippen molar-refractivity contribution in [3.8, 4) is 0 Å². The van der Waals surface area contributed by atoms with Crippen LogP contribution < -0.4 is 5.32 Å². The molecule has 1 rings (SSSR count). The number of hydrogen-bond acceptors (Lipinski definition) is 4. The van der Waals surface area contributed by atoms with E-state index >= 15 is 0 Å². The minimum absolute atomic E-state index is 0.0171. The van der Waals surface area contributed by atoms with Gasteiger partial charge in [0.15, 0.2) is 0 Å². The zero-order valence-corrected chi connectivity index (χ0v) is 10.2. The number of nitrogens with one attached hydrogen (secondary N) is 1. The van der Waals surface area contributed by atoms with Crippen molar-refractivity contribution in [3.63, 3.8) is 0 Å². The molecule has 1 amide bonds. The normalized spacial score (nSPS) is 18.4. The van der Waals surface area contributed by atoms with Crippen molar-refractivity contribution in [1.82, 2.24) is 10.2 Å². The van der Waals surface area contributed by atoms with Crippen LogP contribution in [0.5, 0.6) is 0 Å². The number of morpholine rings is 1. The molecule has 0 aliphatic carbocycles. The highest BCUT2D eigenvalue weighted by atomic mass is 16.5. The first-order chi connectivity index (χ1) is 7.53. The van der Waals surface area contributed by atoms with E-state index in [2.05, 4.69) is 10.2 Å². The van der Waals surface area contributed by atoms with Crippen LogP contribution in [0, 0.1) is 5.41 Å². The molecule has 1 saturated heterocycles. The SMILES string of the molecule is CC(C)(CO)CNC(=O)CN1CCOCC1. The van der Waals surface area contributed by atoms with Crippen LogP contribution in [0.15, 0.2) is 0 Å². The molecular formula is C11H22N2O3. The summed E-state index contributed by atoms with van der Waals surface area (Å²) in [6, 6.07) is 0. The van der Waals surface area contributed by atoms with Crippen molar-refractivity contribution in [2.45, 2.75) is 13.8 Å². The van der Waals surface area contributed by atoms with E-state index in [0.29, 0.717) is 26.3 Å². The highest BCUT2D eigenvalue weighted by Gasteiger charge is 2.19. The Morgan fingerprint density at radius 2 is 2.06 bits per heavy atom. The summed E-state index contributed by atoms with van der Waals surface area (Å²) >= 11 is 0. The van der Waals surface area contributed by atoms with Crippen LogP contribution in [0.2, 0.25) is 0 Å². The number of carbonyl (C=O) groups is 1. The number of rotatable bonds is 5. The number of ether oxygens (including phenoxy) is 1. The maximum atomic E-state index is 11.6. The Labute approximate surface area is 96.8 Å². The van der Waals surface area contributed by atoms with Crippen molar-refractivity contribution in [2.75, 3.05) is 46.0 Å². The third kappa shape index (κ3) is 4.92. The van der Waals surface area contributed by atoms with Gasteiger partial charge in [-0.3, -0.25) is 9.69 Å². The first kappa shape index (κ1) is 13.4. The second-order valence-electron chi connectivity index (χ2n) is 4.99. The molecule has 2 N–H and O–H groups in total. The lowest BCUT2D eigenvalue weighted by atomic mass is 9.95. The van der Waals surface area contributed by atoms with Crippen molar-refractivity contribution in [1.29, 1.82) is 0 Å².